The number of anilines is 1. The Morgan fingerprint density at radius 3 is 2.95 bits per heavy atom. The van der Waals surface area contributed by atoms with Crippen molar-refractivity contribution in [2.24, 2.45) is 5.92 Å². The van der Waals surface area contributed by atoms with Crippen LogP contribution in [0.5, 0.6) is 0 Å². The van der Waals surface area contributed by atoms with Crippen LogP contribution in [0.15, 0.2) is 24.3 Å². The molecule has 1 aliphatic heterocycles. The molecule has 1 aromatic carbocycles. The van der Waals surface area contributed by atoms with Crippen molar-refractivity contribution >= 4 is 17.7 Å². The van der Waals surface area contributed by atoms with Gasteiger partial charge in [0.25, 0.3) is 0 Å². The minimum atomic E-state index is -0.527. The summed E-state index contributed by atoms with van der Waals surface area (Å²) in [5.74, 6) is -0.682. The SMILES string of the molecule is COC(=O)c1ccccc1N1CC(CO)COC1=O. The number of esters is 1. The molecule has 1 aromatic rings. The summed E-state index contributed by atoms with van der Waals surface area (Å²) in [6.07, 6.45) is -0.527. The monoisotopic (exact) mass is 265 g/mol. The molecule has 0 bridgehead atoms. The van der Waals surface area contributed by atoms with E-state index >= 15 is 0 Å². The van der Waals surface area contributed by atoms with Crippen LogP contribution in [0.3, 0.4) is 0 Å². The van der Waals surface area contributed by atoms with Crippen LogP contribution < -0.4 is 4.90 Å². The van der Waals surface area contributed by atoms with Gasteiger partial charge >= 0.3 is 12.1 Å². The fourth-order valence-corrected chi connectivity index (χ4v) is 1.95. The Kier molecular flexibility index (Phi) is 4.01. The van der Waals surface area contributed by atoms with Gasteiger partial charge in [0.1, 0.15) is 0 Å². The molecule has 0 aromatic heterocycles. The molecule has 6 nitrogen and oxygen atoms in total. The largest absolute Gasteiger partial charge is 0.465 e. The first-order valence-corrected chi connectivity index (χ1v) is 5.90. The van der Waals surface area contributed by atoms with Gasteiger partial charge in [-0.25, -0.2) is 9.59 Å². The van der Waals surface area contributed by atoms with Gasteiger partial charge in [0, 0.05) is 12.5 Å². The predicted octanol–water partition coefficient (Wildman–Crippen LogP) is 1.04. The first-order chi connectivity index (χ1) is 9.17. The van der Waals surface area contributed by atoms with Gasteiger partial charge in [-0.05, 0) is 12.1 Å². The average Bonchev–Trinajstić information content (AvgIpc) is 2.47. The van der Waals surface area contributed by atoms with E-state index in [1.54, 1.807) is 24.3 Å². The summed E-state index contributed by atoms with van der Waals surface area (Å²) in [5.41, 5.74) is 0.720. The fourth-order valence-electron chi connectivity index (χ4n) is 1.95. The highest BCUT2D eigenvalue weighted by atomic mass is 16.6. The smallest absolute Gasteiger partial charge is 0.414 e. The molecule has 1 N–H and O–H groups in total. The minimum Gasteiger partial charge on any atom is -0.465 e. The van der Waals surface area contributed by atoms with Crippen molar-refractivity contribution in [2.75, 3.05) is 31.8 Å². The number of hydrogen-bond donors (Lipinski definition) is 1. The molecule has 1 saturated heterocycles. The Morgan fingerprint density at radius 2 is 2.26 bits per heavy atom. The Morgan fingerprint density at radius 1 is 1.53 bits per heavy atom. The van der Waals surface area contributed by atoms with E-state index in [1.165, 1.54) is 12.0 Å². The number of rotatable bonds is 3. The van der Waals surface area contributed by atoms with Crippen molar-refractivity contribution in [3.05, 3.63) is 29.8 Å². The summed E-state index contributed by atoms with van der Waals surface area (Å²) in [4.78, 5) is 24.8. The maximum atomic E-state index is 11.8. The van der Waals surface area contributed by atoms with Crippen LogP contribution in [-0.4, -0.2) is 44.0 Å². The van der Waals surface area contributed by atoms with Crippen molar-refractivity contribution in [1.29, 1.82) is 0 Å². The molecule has 1 amide bonds. The van der Waals surface area contributed by atoms with Crippen LogP contribution in [-0.2, 0) is 9.47 Å². The van der Waals surface area contributed by atoms with Gasteiger partial charge in [-0.15, -0.1) is 0 Å². The molecule has 1 fully saturated rings. The summed E-state index contributed by atoms with van der Waals surface area (Å²) >= 11 is 0. The number of ether oxygens (including phenoxy) is 2. The van der Waals surface area contributed by atoms with Gasteiger partial charge in [-0.2, -0.15) is 0 Å². The Hall–Kier alpha value is -2.08. The Balaban J connectivity index is 2.34. The molecule has 0 radical (unpaired) electrons. The van der Waals surface area contributed by atoms with Gasteiger partial charge in [-0.1, -0.05) is 12.1 Å². The molecule has 19 heavy (non-hydrogen) atoms. The average molecular weight is 265 g/mol. The topological polar surface area (TPSA) is 76.1 Å². The zero-order valence-corrected chi connectivity index (χ0v) is 10.5. The normalized spacial score (nSPS) is 18.9. The molecule has 0 spiro atoms. The molecule has 1 heterocycles. The number of carbonyl (C=O) groups is 2. The summed E-state index contributed by atoms with van der Waals surface area (Å²) in [6, 6.07) is 6.64. The van der Waals surface area contributed by atoms with Crippen molar-refractivity contribution in [3.8, 4) is 0 Å². The Labute approximate surface area is 110 Å². The number of hydrogen-bond acceptors (Lipinski definition) is 5. The molecular formula is C13H15NO5. The first-order valence-electron chi connectivity index (χ1n) is 5.90. The van der Waals surface area contributed by atoms with Gasteiger partial charge in [-0.3, -0.25) is 4.90 Å². The fraction of sp³-hybridized carbons (Fsp3) is 0.385. The molecular weight excluding hydrogens is 250 g/mol. The van der Waals surface area contributed by atoms with E-state index < -0.39 is 12.1 Å². The number of amides is 1. The number of cyclic esters (lactones) is 1. The second kappa shape index (κ2) is 5.71. The number of methoxy groups -OCH3 is 1. The highest BCUT2D eigenvalue weighted by Crippen LogP contribution is 2.25. The van der Waals surface area contributed by atoms with Crippen molar-refractivity contribution in [1.82, 2.24) is 0 Å². The standard InChI is InChI=1S/C13H15NO5/c1-18-12(16)10-4-2-3-5-11(10)14-6-9(7-15)8-19-13(14)17/h2-5,9,15H,6-8H2,1H3. The van der Waals surface area contributed by atoms with Gasteiger partial charge in [0.2, 0.25) is 0 Å². The summed E-state index contributed by atoms with van der Waals surface area (Å²) in [7, 11) is 1.28. The second-order valence-corrected chi connectivity index (χ2v) is 4.24. The van der Waals surface area contributed by atoms with Crippen LogP contribution in [0, 0.1) is 5.92 Å². The van der Waals surface area contributed by atoms with Crippen molar-refractivity contribution in [2.45, 2.75) is 0 Å². The van der Waals surface area contributed by atoms with Crippen LogP contribution in [0.25, 0.3) is 0 Å². The van der Waals surface area contributed by atoms with Crippen LogP contribution in [0.2, 0.25) is 0 Å². The van der Waals surface area contributed by atoms with E-state index in [0.717, 1.165) is 0 Å². The lowest BCUT2D eigenvalue weighted by Crippen LogP contribution is -2.45. The van der Waals surface area contributed by atoms with Gasteiger partial charge in [0.05, 0.1) is 31.6 Å². The minimum absolute atomic E-state index is 0.0792. The number of benzene rings is 1. The number of aliphatic hydroxyl groups is 1. The predicted molar refractivity (Wildman–Crippen MR) is 67.1 cm³/mol. The van der Waals surface area contributed by atoms with Crippen molar-refractivity contribution in [3.63, 3.8) is 0 Å². The van der Waals surface area contributed by atoms with Crippen molar-refractivity contribution < 1.29 is 24.2 Å². The van der Waals surface area contributed by atoms with E-state index in [4.69, 9.17) is 9.84 Å². The van der Waals surface area contributed by atoms with E-state index in [1.807, 2.05) is 0 Å². The second-order valence-electron chi connectivity index (χ2n) is 4.24. The third kappa shape index (κ3) is 2.68. The van der Waals surface area contributed by atoms with E-state index in [0.29, 0.717) is 17.8 Å². The lowest BCUT2D eigenvalue weighted by Gasteiger charge is -2.32. The number of aliphatic hydroxyl groups excluding tert-OH is 1. The highest BCUT2D eigenvalue weighted by molar-refractivity contribution is 6.00. The molecule has 0 aliphatic carbocycles. The number of nitrogens with zero attached hydrogens (tertiary/aromatic N) is 1. The molecule has 2 rings (SSSR count). The Bertz CT molecular complexity index is 488. The summed E-state index contributed by atoms with van der Waals surface area (Å²) in [5, 5.41) is 9.16. The summed E-state index contributed by atoms with van der Waals surface area (Å²) < 4.78 is 9.68. The maximum absolute atomic E-state index is 11.8. The number of carbonyl (C=O) groups excluding carboxylic acids is 2. The first kappa shape index (κ1) is 13.4. The third-order valence-electron chi connectivity index (χ3n) is 2.96. The zero-order chi connectivity index (χ0) is 13.8. The molecule has 6 heteroatoms. The molecule has 102 valence electrons. The van der Waals surface area contributed by atoms with E-state index in [9.17, 15) is 9.59 Å². The number of para-hydroxylation sites is 1. The van der Waals surface area contributed by atoms with Gasteiger partial charge < -0.3 is 14.6 Å². The molecule has 0 saturated carbocycles. The van der Waals surface area contributed by atoms with E-state index in [-0.39, 0.29) is 19.1 Å². The van der Waals surface area contributed by atoms with E-state index in [2.05, 4.69) is 4.74 Å². The summed E-state index contributed by atoms with van der Waals surface area (Å²) in [6.45, 7) is 0.416. The lowest BCUT2D eigenvalue weighted by atomic mass is 10.1. The third-order valence-corrected chi connectivity index (χ3v) is 2.96. The molecule has 1 aliphatic rings. The molecule has 1 unspecified atom stereocenters. The highest BCUT2D eigenvalue weighted by Gasteiger charge is 2.30. The van der Waals surface area contributed by atoms with Crippen LogP contribution in [0.4, 0.5) is 10.5 Å². The maximum Gasteiger partial charge on any atom is 0.414 e. The lowest BCUT2D eigenvalue weighted by molar-refractivity contribution is 0.0601. The molecule has 1 atom stereocenters. The van der Waals surface area contributed by atoms with Gasteiger partial charge in [0.15, 0.2) is 0 Å². The quantitative estimate of drug-likeness (QED) is 0.826. The zero-order valence-electron chi connectivity index (χ0n) is 10.5. The van der Waals surface area contributed by atoms with Crippen LogP contribution in [0.1, 0.15) is 10.4 Å². The van der Waals surface area contributed by atoms with Crippen LogP contribution >= 0.6 is 0 Å².